The Hall–Kier alpha value is -0.490. The van der Waals surface area contributed by atoms with E-state index in [1.165, 1.54) is 0 Å². The molecule has 0 bridgehead atoms. The van der Waals surface area contributed by atoms with Crippen molar-refractivity contribution in [2.45, 2.75) is 32.0 Å². The van der Waals surface area contributed by atoms with E-state index in [0.29, 0.717) is 22.2 Å². The van der Waals surface area contributed by atoms with Crippen LogP contribution in [0.25, 0.3) is 0 Å². The van der Waals surface area contributed by atoms with Gasteiger partial charge in [0.25, 0.3) is 5.91 Å². The van der Waals surface area contributed by atoms with E-state index in [1.54, 1.807) is 0 Å². The van der Waals surface area contributed by atoms with Crippen LogP contribution in [0.2, 0.25) is 0 Å². The van der Waals surface area contributed by atoms with Gasteiger partial charge in [-0.2, -0.15) is 0 Å². The van der Waals surface area contributed by atoms with E-state index in [9.17, 15) is 4.79 Å². The van der Waals surface area contributed by atoms with Crippen LogP contribution in [0.15, 0.2) is 0 Å². The highest BCUT2D eigenvalue weighted by atomic mass is 79.9. The molecule has 6 heteroatoms. The van der Waals surface area contributed by atoms with Crippen LogP contribution in [0.1, 0.15) is 36.1 Å². The quantitative estimate of drug-likeness (QED) is 0.849. The van der Waals surface area contributed by atoms with Gasteiger partial charge in [-0.3, -0.25) is 4.79 Å². The Bertz CT molecular complexity index is 354. The number of carbonyl (C=O) groups is 1. The molecule has 1 N–H and O–H groups in total. The SMILES string of the molecule is CCc1nnsc1C(=O)NCC(Br)C(C)C. The molecule has 0 radical (unpaired) electrons. The fourth-order valence-electron chi connectivity index (χ4n) is 1.12. The van der Waals surface area contributed by atoms with Crippen molar-refractivity contribution < 1.29 is 4.79 Å². The van der Waals surface area contributed by atoms with Gasteiger partial charge < -0.3 is 5.32 Å². The monoisotopic (exact) mass is 305 g/mol. The number of aryl methyl sites for hydroxylation is 1. The molecule has 0 aromatic carbocycles. The summed E-state index contributed by atoms with van der Waals surface area (Å²) in [6.07, 6.45) is 0.737. The number of halogens is 1. The number of alkyl halides is 1. The minimum atomic E-state index is -0.0723. The smallest absolute Gasteiger partial charge is 0.264 e. The standard InChI is InChI=1S/C10H16BrN3OS/c1-4-8-9(16-14-13-8)10(15)12-5-7(11)6(2)3/h6-7H,4-5H2,1-3H3,(H,12,15). The summed E-state index contributed by atoms with van der Waals surface area (Å²) in [5.74, 6) is 0.419. The number of carbonyl (C=O) groups excluding carboxylic acids is 1. The predicted molar refractivity (Wildman–Crippen MR) is 69.2 cm³/mol. The van der Waals surface area contributed by atoms with Gasteiger partial charge in [0.05, 0.1) is 5.69 Å². The van der Waals surface area contributed by atoms with Gasteiger partial charge in [0.15, 0.2) is 0 Å². The number of hydrogen-bond acceptors (Lipinski definition) is 4. The lowest BCUT2D eigenvalue weighted by atomic mass is 10.1. The highest BCUT2D eigenvalue weighted by molar-refractivity contribution is 9.09. The first kappa shape index (κ1) is 13.6. The number of nitrogens with zero attached hydrogens (tertiary/aromatic N) is 2. The highest BCUT2D eigenvalue weighted by Crippen LogP contribution is 2.13. The minimum absolute atomic E-state index is 0.0723. The van der Waals surface area contributed by atoms with Crippen LogP contribution in [0.3, 0.4) is 0 Å². The van der Waals surface area contributed by atoms with Gasteiger partial charge in [-0.05, 0) is 23.9 Å². The van der Waals surface area contributed by atoms with Crippen molar-refractivity contribution in [2.75, 3.05) is 6.54 Å². The van der Waals surface area contributed by atoms with Crippen LogP contribution in [-0.4, -0.2) is 26.9 Å². The second-order valence-electron chi connectivity index (χ2n) is 3.87. The first-order valence-corrected chi connectivity index (χ1v) is 6.98. The van der Waals surface area contributed by atoms with E-state index in [2.05, 4.69) is 44.7 Å². The normalized spacial score (nSPS) is 12.8. The zero-order valence-corrected chi connectivity index (χ0v) is 12.1. The molecule has 90 valence electrons. The third kappa shape index (κ3) is 3.52. The van der Waals surface area contributed by atoms with Gasteiger partial charge in [0.1, 0.15) is 4.88 Å². The fourth-order valence-corrected chi connectivity index (χ4v) is 1.95. The number of aromatic nitrogens is 2. The van der Waals surface area contributed by atoms with Crippen LogP contribution in [0.4, 0.5) is 0 Å². The first-order chi connectivity index (χ1) is 7.56. The van der Waals surface area contributed by atoms with Crippen molar-refractivity contribution in [3.63, 3.8) is 0 Å². The van der Waals surface area contributed by atoms with Crippen molar-refractivity contribution in [3.05, 3.63) is 10.6 Å². The molecule has 1 unspecified atom stereocenters. The molecule has 1 aromatic rings. The molecular formula is C10H16BrN3OS. The summed E-state index contributed by atoms with van der Waals surface area (Å²) in [5.41, 5.74) is 0.776. The summed E-state index contributed by atoms with van der Waals surface area (Å²) in [6, 6.07) is 0. The third-order valence-corrected chi connectivity index (χ3v) is 4.43. The third-order valence-electron chi connectivity index (χ3n) is 2.28. The van der Waals surface area contributed by atoms with Crippen LogP contribution < -0.4 is 5.32 Å². The molecule has 1 atom stereocenters. The zero-order chi connectivity index (χ0) is 12.1. The van der Waals surface area contributed by atoms with Crippen molar-refractivity contribution >= 4 is 33.4 Å². The molecule has 0 aliphatic heterocycles. The fraction of sp³-hybridized carbons (Fsp3) is 0.700. The first-order valence-electron chi connectivity index (χ1n) is 5.29. The summed E-state index contributed by atoms with van der Waals surface area (Å²) in [4.78, 5) is 12.7. The lowest BCUT2D eigenvalue weighted by Crippen LogP contribution is -2.31. The Morgan fingerprint density at radius 1 is 1.56 bits per heavy atom. The largest absolute Gasteiger partial charge is 0.350 e. The maximum atomic E-state index is 11.8. The molecule has 1 aromatic heterocycles. The summed E-state index contributed by atoms with van der Waals surface area (Å²) in [7, 11) is 0. The maximum Gasteiger partial charge on any atom is 0.264 e. The lowest BCUT2D eigenvalue weighted by Gasteiger charge is -2.13. The number of amides is 1. The molecular weight excluding hydrogens is 290 g/mol. The van der Waals surface area contributed by atoms with Gasteiger partial charge in [0.2, 0.25) is 0 Å². The highest BCUT2D eigenvalue weighted by Gasteiger charge is 2.16. The van der Waals surface area contributed by atoms with Crippen molar-refractivity contribution in [1.82, 2.24) is 14.9 Å². The Labute approximate surface area is 108 Å². The molecule has 0 spiro atoms. The van der Waals surface area contributed by atoms with Gasteiger partial charge in [-0.25, -0.2) is 0 Å². The molecule has 4 nitrogen and oxygen atoms in total. The van der Waals surface area contributed by atoms with Crippen LogP contribution >= 0.6 is 27.5 Å². The van der Waals surface area contributed by atoms with E-state index in [4.69, 9.17) is 0 Å². The number of hydrogen-bond donors (Lipinski definition) is 1. The second-order valence-corrected chi connectivity index (χ2v) is 5.80. The summed E-state index contributed by atoms with van der Waals surface area (Å²) >= 11 is 4.68. The van der Waals surface area contributed by atoms with Crippen molar-refractivity contribution in [3.8, 4) is 0 Å². The molecule has 1 rings (SSSR count). The Kier molecular flexibility index (Phi) is 5.34. The van der Waals surface area contributed by atoms with Gasteiger partial charge >= 0.3 is 0 Å². The molecule has 0 saturated heterocycles. The summed E-state index contributed by atoms with van der Waals surface area (Å²) < 4.78 is 3.80. The molecule has 0 saturated carbocycles. The Balaban J connectivity index is 2.53. The minimum Gasteiger partial charge on any atom is -0.350 e. The van der Waals surface area contributed by atoms with Crippen molar-refractivity contribution in [1.29, 1.82) is 0 Å². The average Bonchev–Trinajstić information content (AvgIpc) is 2.73. The maximum absolute atomic E-state index is 11.8. The van der Waals surface area contributed by atoms with E-state index in [0.717, 1.165) is 23.6 Å². The Morgan fingerprint density at radius 3 is 2.81 bits per heavy atom. The lowest BCUT2D eigenvalue weighted by molar-refractivity contribution is 0.0956. The second kappa shape index (κ2) is 6.30. The van der Waals surface area contributed by atoms with Crippen LogP contribution in [0, 0.1) is 5.92 Å². The zero-order valence-electron chi connectivity index (χ0n) is 9.66. The molecule has 0 fully saturated rings. The molecule has 1 amide bonds. The molecule has 1 heterocycles. The van der Waals surface area contributed by atoms with E-state index >= 15 is 0 Å². The van der Waals surface area contributed by atoms with Crippen LogP contribution in [0.5, 0.6) is 0 Å². The molecule has 0 aliphatic carbocycles. The molecule has 16 heavy (non-hydrogen) atoms. The van der Waals surface area contributed by atoms with Gasteiger partial charge in [-0.1, -0.05) is 41.2 Å². The van der Waals surface area contributed by atoms with E-state index in [1.807, 2.05) is 6.92 Å². The predicted octanol–water partition coefficient (Wildman–Crippen LogP) is 2.25. The summed E-state index contributed by atoms with van der Waals surface area (Å²) in [6.45, 7) is 6.81. The van der Waals surface area contributed by atoms with Crippen LogP contribution in [-0.2, 0) is 6.42 Å². The summed E-state index contributed by atoms with van der Waals surface area (Å²) in [5, 5.41) is 6.80. The van der Waals surface area contributed by atoms with Crippen molar-refractivity contribution in [2.24, 2.45) is 5.92 Å². The topological polar surface area (TPSA) is 54.9 Å². The number of nitrogens with one attached hydrogen (secondary N) is 1. The number of rotatable bonds is 5. The average molecular weight is 306 g/mol. The van der Waals surface area contributed by atoms with Gasteiger partial charge in [0, 0.05) is 11.4 Å². The van der Waals surface area contributed by atoms with E-state index < -0.39 is 0 Å². The van der Waals surface area contributed by atoms with Gasteiger partial charge in [-0.15, -0.1) is 5.10 Å². The Morgan fingerprint density at radius 2 is 2.25 bits per heavy atom. The van der Waals surface area contributed by atoms with E-state index in [-0.39, 0.29) is 5.91 Å². The molecule has 0 aliphatic rings.